The van der Waals surface area contributed by atoms with E-state index in [1.165, 1.54) is 6.42 Å². The summed E-state index contributed by atoms with van der Waals surface area (Å²) < 4.78 is 0. The number of carbonyl (C=O) groups excluding carboxylic acids is 1. The summed E-state index contributed by atoms with van der Waals surface area (Å²) in [6.45, 7) is 15.5. The molecule has 3 nitrogen and oxygen atoms in total. The topological polar surface area (TPSA) is 23.6 Å². The molecule has 0 spiro atoms. The van der Waals surface area contributed by atoms with Crippen LogP contribution in [0.5, 0.6) is 0 Å². The van der Waals surface area contributed by atoms with E-state index in [1.807, 2.05) is 4.90 Å². The van der Waals surface area contributed by atoms with Gasteiger partial charge in [-0.2, -0.15) is 0 Å². The molecule has 100 valence electrons. The van der Waals surface area contributed by atoms with Crippen LogP contribution in [0.1, 0.15) is 41.0 Å². The summed E-state index contributed by atoms with van der Waals surface area (Å²) in [5, 5.41) is 0. The van der Waals surface area contributed by atoms with Crippen LogP contribution in [-0.2, 0) is 4.79 Å². The van der Waals surface area contributed by atoms with Crippen LogP contribution in [0, 0.1) is 11.3 Å². The zero-order valence-corrected chi connectivity index (χ0v) is 12.1. The third-order valence-electron chi connectivity index (χ3n) is 3.09. The van der Waals surface area contributed by atoms with Crippen LogP contribution < -0.4 is 0 Å². The van der Waals surface area contributed by atoms with Gasteiger partial charge in [0.15, 0.2) is 0 Å². The normalized spacial score (nSPS) is 19.2. The summed E-state index contributed by atoms with van der Waals surface area (Å²) in [4.78, 5) is 16.3. The number of carbonyl (C=O) groups is 1. The van der Waals surface area contributed by atoms with Crippen molar-refractivity contribution in [1.82, 2.24) is 9.80 Å². The lowest BCUT2D eigenvalue weighted by molar-refractivity contribution is -0.137. The molecule has 0 saturated carbocycles. The molecular formula is C14H28N2O. The average molecular weight is 240 g/mol. The van der Waals surface area contributed by atoms with Gasteiger partial charge < -0.3 is 4.90 Å². The first kappa shape index (κ1) is 14.5. The molecule has 0 aliphatic carbocycles. The fourth-order valence-electron chi connectivity index (χ4n) is 2.13. The molecule has 0 aromatic heterocycles. The first-order valence-electron chi connectivity index (χ1n) is 6.78. The molecular weight excluding hydrogens is 212 g/mol. The molecule has 0 bridgehead atoms. The molecule has 1 aliphatic heterocycles. The van der Waals surface area contributed by atoms with Crippen LogP contribution in [0.25, 0.3) is 0 Å². The molecule has 0 N–H and O–H groups in total. The maximum absolute atomic E-state index is 12.0. The van der Waals surface area contributed by atoms with Gasteiger partial charge in [0, 0.05) is 19.6 Å². The highest BCUT2D eigenvalue weighted by Gasteiger charge is 2.26. The second-order valence-electron chi connectivity index (χ2n) is 6.83. The number of rotatable bonds is 4. The van der Waals surface area contributed by atoms with Crippen LogP contribution in [0.2, 0.25) is 0 Å². The molecule has 0 radical (unpaired) electrons. The van der Waals surface area contributed by atoms with Gasteiger partial charge in [0.05, 0.1) is 6.54 Å². The standard InChI is InChI=1S/C14H28N2O/c1-12(2)6-7-15-8-9-16(13(17)10-15)11-14(3,4)5/h12H,6-11H2,1-5H3. The molecule has 0 aromatic rings. The fourth-order valence-corrected chi connectivity index (χ4v) is 2.13. The number of hydrogen-bond acceptors (Lipinski definition) is 2. The predicted octanol–water partition coefficient (Wildman–Crippen LogP) is 2.22. The lowest BCUT2D eigenvalue weighted by Gasteiger charge is -2.37. The molecule has 0 aromatic carbocycles. The second kappa shape index (κ2) is 5.85. The SMILES string of the molecule is CC(C)CCN1CCN(CC(C)(C)C)C(=O)C1. The van der Waals surface area contributed by atoms with E-state index in [0.29, 0.717) is 12.5 Å². The zero-order chi connectivity index (χ0) is 13.1. The average Bonchev–Trinajstić information content (AvgIpc) is 2.17. The second-order valence-corrected chi connectivity index (χ2v) is 6.83. The van der Waals surface area contributed by atoms with Gasteiger partial charge in [-0.05, 0) is 24.3 Å². The third kappa shape index (κ3) is 5.53. The van der Waals surface area contributed by atoms with Gasteiger partial charge in [-0.3, -0.25) is 9.69 Å². The Balaban J connectivity index is 2.37. The summed E-state index contributed by atoms with van der Waals surface area (Å²) >= 11 is 0. The highest BCUT2D eigenvalue weighted by Crippen LogP contribution is 2.17. The van der Waals surface area contributed by atoms with Crippen LogP contribution in [0.3, 0.4) is 0 Å². The van der Waals surface area contributed by atoms with Crippen molar-refractivity contribution >= 4 is 5.91 Å². The van der Waals surface area contributed by atoms with Crippen LogP contribution >= 0.6 is 0 Å². The zero-order valence-electron chi connectivity index (χ0n) is 12.1. The van der Waals surface area contributed by atoms with Crippen molar-refractivity contribution in [2.45, 2.75) is 41.0 Å². The highest BCUT2D eigenvalue weighted by molar-refractivity contribution is 5.79. The smallest absolute Gasteiger partial charge is 0.236 e. The molecule has 3 heteroatoms. The molecule has 1 saturated heterocycles. The monoisotopic (exact) mass is 240 g/mol. The first-order valence-corrected chi connectivity index (χ1v) is 6.78. The minimum Gasteiger partial charge on any atom is -0.340 e. The van der Waals surface area contributed by atoms with Gasteiger partial charge in [0.2, 0.25) is 5.91 Å². The van der Waals surface area contributed by atoms with Gasteiger partial charge in [0.25, 0.3) is 0 Å². The Morgan fingerprint density at radius 1 is 1.24 bits per heavy atom. The summed E-state index contributed by atoms with van der Waals surface area (Å²) in [5.41, 5.74) is 0.204. The minimum absolute atomic E-state index is 0.204. The van der Waals surface area contributed by atoms with Crippen molar-refractivity contribution in [3.8, 4) is 0 Å². The van der Waals surface area contributed by atoms with Gasteiger partial charge in [0.1, 0.15) is 0 Å². The first-order chi connectivity index (χ1) is 7.78. The van der Waals surface area contributed by atoms with E-state index in [-0.39, 0.29) is 5.41 Å². The molecule has 1 amide bonds. The van der Waals surface area contributed by atoms with Gasteiger partial charge in [-0.25, -0.2) is 0 Å². The third-order valence-corrected chi connectivity index (χ3v) is 3.09. The van der Waals surface area contributed by atoms with E-state index >= 15 is 0 Å². The highest BCUT2D eigenvalue weighted by atomic mass is 16.2. The maximum atomic E-state index is 12.0. The van der Waals surface area contributed by atoms with E-state index in [9.17, 15) is 4.79 Å². The molecule has 17 heavy (non-hydrogen) atoms. The number of nitrogens with zero attached hydrogens (tertiary/aromatic N) is 2. The van der Waals surface area contributed by atoms with Crippen LogP contribution in [0.4, 0.5) is 0 Å². The minimum atomic E-state index is 0.204. The van der Waals surface area contributed by atoms with E-state index in [4.69, 9.17) is 0 Å². The molecule has 0 atom stereocenters. The molecule has 0 unspecified atom stereocenters. The lowest BCUT2D eigenvalue weighted by atomic mass is 9.95. The predicted molar refractivity (Wildman–Crippen MR) is 71.9 cm³/mol. The lowest BCUT2D eigenvalue weighted by Crippen LogP contribution is -2.52. The van der Waals surface area contributed by atoms with Gasteiger partial charge in [-0.1, -0.05) is 34.6 Å². The van der Waals surface area contributed by atoms with Crippen LogP contribution in [0.15, 0.2) is 0 Å². The largest absolute Gasteiger partial charge is 0.340 e. The van der Waals surface area contributed by atoms with Crippen molar-refractivity contribution in [2.24, 2.45) is 11.3 Å². The number of amides is 1. The van der Waals surface area contributed by atoms with E-state index in [1.54, 1.807) is 0 Å². The Morgan fingerprint density at radius 2 is 1.88 bits per heavy atom. The van der Waals surface area contributed by atoms with E-state index in [0.717, 1.165) is 32.1 Å². The quantitative estimate of drug-likeness (QED) is 0.752. The number of hydrogen-bond donors (Lipinski definition) is 0. The van der Waals surface area contributed by atoms with Gasteiger partial charge >= 0.3 is 0 Å². The van der Waals surface area contributed by atoms with E-state index in [2.05, 4.69) is 39.5 Å². The Bertz CT molecular complexity index is 255. The Labute approximate surface area is 106 Å². The Hall–Kier alpha value is -0.570. The summed E-state index contributed by atoms with van der Waals surface area (Å²) in [5.74, 6) is 1.02. The van der Waals surface area contributed by atoms with Crippen molar-refractivity contribution in [2.75, 3.05) is 32.7 Å². The summed E-state index contributed by atoms with van der Waals surface area (Å²) in [6, 6.07) is 0. The van der Waals surface area contributed by atoms with Gasteiger partial charge in [-0.15, -0.1) is 0 Å². The summed E-state index contributed by atoms with van der Waals surface area (Å²) in [7, 11) is 0. The van der Waals surface area contributed by atoms with E-state index < -0.39 is 0 Å². The Kier molecular flexibility index (Phi) is 4.99. The molecule has 1 fully saturated rings. The van der Waals surface area contributed by atoms with Crippen molar-refractivity contribution in [1.29, 1.82) is 0 Å². The Morgan fingerprint density at radius 3 is 2.35 bits per heavy atom. The molecule has 1 heterocycles. The van der Waals surface area contributed by atoms with Crippen molar-refractivity contribution in [3.05, 3.63) is 0 Å². The van der Waals surface area contributed by atoms with Crippen LogP contribution in [-0.4, -0.2) is 48.4 Å². The molecule has 1 aliphatic rings. The van der Waals surface area contributed by atoms with Crippen molar-refractivity contribution < 1.29 is 4.79 Å². The fraction of sp³-hybridized carbons (Fsp3) is 0.929. The maximum Gasteiger partial charge on any atom is 0.236 e. The number of piperazine rings is 1. The summed E-state index contributed by atoms with van der Waals surface area (Å²) in [6.07, 6.45) is 1.19. The molecule has 1 rings (SSSR count). The van der Waals surface area contributed by atoms with Crippen molar-refractivity contribution in [3.63, 3.8) is 0 Å².